The molecule has 1 amide bonds. The van der Waals surface area contributed by atoms with Crippen LogP contribution in [0.4, 0.5) is 5.82 Å². The normalized spacial score (nSPS) is 11.8. The monoisotopic (exact) mass is 285 g/mol. The molecule has 0 saturated heterocycles. The number of carbonyl (C=O) groups is 1. The summed E-state index contributed by atoms with van der Waals surface area (Å²) < 4.78 is 0. The third-order valence-corrected chi connectivity index (χ3v) is 3.05. The van der Waals surface area contributed by atoms with Gasteiger partial charge in [0.1, 0.15) is 5.82 Å². The molecule has 2 rings (SSSR count). The lowest BCUT2D eigenvalue weighted by Crippen LogP contribution is -2.24. The molecular weight excluding hydrogens is 266 g/mol. The summed E-state index contributed by atoms with van der Waals surface area (Å²) >= 11 is 0. The van der Waals surface area contributed by atoms with E-state index in [-0.39, 0.29) is 11.9 Å². The Hall–Kier alpha value is -2.47. The molecule has 3 N–H and O–H groups in total. The summed E-state index contributed by atoms with van der Waals surface area (Å²) in [7, 11) is 3.35. The molecule has 0 fully saturated rings. The van der Waals surface area contributed by atoms with Crippen molar-refractivity contribution < 1.29 is 4.79 Å². The molecule has 0 spiro atoms. The van der Waals surface area contributed by atoms with E-state index in [0.29, 0.717) is 18.1 Å². The van der Waals surface area contributed by atoms with Gasteiger partial charge in [-0.2, -0.15) is 0 Å². The number of anilines is 1. The van der Waals surface area contributed by atoms with Gasteiger partial charge in [0.2, 0.25) is 0 Å². The first-order chi connectivity index (χ1) is 10.1. The van der Waals surface area contributed by atoms with Crippen LogP contribution in [0.5, 0.6) is 0 Å². The lowest BCUT2D eigenvalue weighted by molar-refractivity contribution is 0.0821. The SMILES string of the molecule is CN(C)C(=O)c1ccc(NC(CN)c2ccccc2)nn1. The summed E-state index contributed by atoms with van der Waals surface area (Å²) in [5, 5.41) is 11.2. The minimum Gasteiger partial charge on any atom is -0.360 e. The molecular formula is C15H19N5O. The average Bonchev–Trinajstić information content (AvgIpc) is 2.53. The number of carbonyl (C=O) groups excluding carboxylic acids is 1. The van der Waals surface area contributed by atoms with Crippen LogP contribution in [0.3, 0.4) is 0 Å². The topological polar surface area (TPSA) is 84.1 Å². The third-order valence-electron chi connectivity index (χ3n) is 3.05. The zero-order valence-corrected chi connectivity index (χ0v) is 12.2. The van der Waals surface area contributed by atoms with Crippen molar-refractivity contribution in [2.24, 2.45) is 5.73 Å². The van der Waals surface area contributed by atoms with E-state index < -0.39 is 0 Å². The molecule has 0 bridgehead atoms. The van der Waals surface area contributed by atoms with E-state index in [9.17, 15) is 4.79 Å². The summed E-state index contributed by atoms with van der Waals surface area (Å²) in [5.41, 5.74) is 7.19. The molecule has 110 valence electrons. The second-order valence-corrected chi connectivity index (χ2v) is 4.85. The number of hydrogen-bond donors (Lipinski definition) is 2. The van der Waals surface area contributed by atoms with Gasteiger partial charge in [-0.3, -0.25) is 4.79 Å². The summed E-state index contributed by atoms with van der Waals surface area (Å²) in [4.78, 5) is 13.2. The van der Waals surface area contributed by atoms with E-state index >= 15 is 0 Å². The minimum absolute atomic E-state index is 0.0455. The van der Waals surface area contributed by atoms with Crippen LogP contribution in [0.2, 0.25) is 0 Å². The average molecular weight is 285 g/mol. The molecule has 1 atom stereocenters. The smallest absolute Gasteiger partial charge is 0.273 e. The van der Waals surface area contributed by atoms with Crippen LogP contribution in [0.1, 0.15) is 22.1 Å². The Labute approximate surface area is 124 Å². The zero-order valence-electron chi connectivity index (χ0n) is 12.2. The van der Waals surface area contributed by atoms with Crippen LogP contribution in [-0.2, 0) is 0 Å². The van der Waals surface area contributed by atoms with Crippen molar-refractivity contribution in [2.75, 3.05) is 26.0 Å². The van der Waals surface area contributed by atoms with Crippen molar-refractivity contribution in [1.82, 2.24) is 15.1 Å². The van der Waals surface area contributed by atoms with Crippen LogP contribution in [0.15, 0.2) is 42.5 Å². The van der Waals surface area contributed by atoms with E-state index in [1.807, 2.05) is 30.3 Å². The van der Waals surface area contributed by atoms with Crippen molar-refractivity contribution in [3.63, 3.8) is 0 Å². The Kier molecular flexibility index (Phi) is 4.84. The molecule has 1 aromatic heterocycles. The minimum atomic E-state index is -0.174. The van der Waals surface area contributed by atoms with Gasteiger partial charge >= 0.3 is 0 Å². The maximum atomic E-state index is 11.7. The number of nitrogens with two attached hydrogens (primary N) is 1. The summed E-state index contributed by atoms with van der Waals surface area (Å²) in [6.07, 6.45) is 0. The molecule has 6 nitrogen and oxygen atoms in total. The number of nitrogens with zero attached hydrogens (tertiary/aromatic N) is 3. The lowest BCUT2D eigenvalue weighted by Gasteiger charge is -2.17. The third kappa shape index (κ3) is 3.76. The Bertz CT molecular complexity index is 583. The second-order valence-electron chi connectivity index (χ2n) is 4.85. The van der Waals surface area contributed by atoms with Gasteiger partial charge in [-0.25, -0.2) is 0 Å². The fourth-order valence-corrected chi connectivity index (χ4v) is 1.89. The van der Waals surface area contributed by atoms with E-state index in [0.717, 1.165) is 5.56 Å². The molecule has 21 heavy (non-hydrogen) atoms. The van der Waals surface area contributed by atoms with Gasteiger partial charge in [0, 0.05) is 20.6 Å². The zero-order chi connectivity index (χ0) is 15.2. The van der Waals surface area contributed by atoms with Crippen molar-refractivity contribution in [2.45, 2.75) is 6.04 Å². The Morgan fingerprint density at radius 2 is 1.90 bits per heavy atom. The maximum absolute atomic E-state index is 11.7. The van der Waals surface area contributed by atoms with Gasteiger partial charge in [0.15, 0.2) is 5.69 Å². The van der Waals surface area contributed by atoms with Crippen LogP contribution in [0, 0.1) is 0 Å². The molecule has 1 heterocycles. The standard InChI is InChI=1S/C15H19N5O/c1-20(2)15(21)12-8-9-14(19-18-12)17-13(10-16)11-6-4-3-5-7-11/h3-9,13H,10,16H2,1-2H3,(H,17,19). The first kappa shape index (κ1) is 14.9. The second kappa shape index (κ2) is 6.81. The molecule has 0 radical (unpaired) electrons. The van der Waals surface area contributed by atoms with Crippen LogP contribution in [-0.4, -0.2) is 41.6 Å². The van der Waals surface area contributed by atoms with Gasteiger partial charge in [-0.1, -0.05) is 30.3 Å². The first-order valence-electron chi connectivity index (χ1n) is 6.68. The lowest BCUT2D eigenvalue weighted by atomic mass is 10.1. The van der Waals surface area contributed by atoms with Crippen molar-refractivity contribution in [3.8, 4) is 0 Å². The predicted molar refractivity (Wildman–Crippen MR) is 81.9 cm³/mol. The number of nitrogens with one attached hydrogen (secondary N) is 1. The number of hydrogen-bond acceptors (Lipinski definition) is 5. The summed E-state index contributed by atoms with van der Waals surface area (Å²) in [6.45, 7) is 0.435. The maximum Gasteiger partial charge on any atom is 0.273 e. The largest absolute Gasteiger partial charge is 0.360 e. The van der Waals surface area contributed by atoms with Gasteiger partial charge < -0.3 is 16.0 Å². The molecule has 0 aliphatic rings. The number of aromatic nitrogens is 2. The van der Waals surface area contributed by atoms with Crippen molar-refractivity contribution >= 4 is 11.7 Å². The van der Waals surface area contributed by atoms with E-state index in [1.54, 1.807) is 26.2 Å². The number of benzene rings is 1. The molecule has 2 aromatic rings. The molecule has 1 aromatic carbocycles. The van der Waals surface area contributed by atoms with Crippen LogP contribution in [0.25, 0.3) is 0 Å². The van der Waals surface area contributed by atoms with Crippen LogP contribution >= 0.6 is 0 Å². The van der Waals surface area contributed by atoms with E-state index in [4.69, 9.17) is 5.73 Å². The number of amides is 1. The predicted octanol–water partition coefficient (Wildman–Crippen LogP) is 1.29. The molecule has 1 unspecified atom stereocenters. The molecule has 0 saturated carbocycles. The van der Waals surface area contributed by atoms with Gasteiger partial charge in [-0.05, 0) is 17.7 Å². The quantitative estimate of drug-likeness (QED) is 0.865. The highest BCUT2D eigenvalue weighted by Crippen LogP contribution is 2.16. The number of rotatable bonds is 5. The highest BCUT2D eigenvalue weighted by molar-refractivity contribution is 5.91. The van der Waals surface area contributed by atoms with E-state index in [2.05, 4.69) is 15.5 Å². The van der Waals surface area contributed by atoms with Gasteiger partial charge in [-0.15, -0.1) is 10.2 Å². The molecule has 0 aliphatic heterocycles. The highest BCUT2D eigenvalue weighted by atomic mass is 16.2. The van der Waals surface area contributed by atoms with Gasteiger partial charge in [0.25, 0.3) is 5.91 Å². The Balaban J connectivity index is 2.10. The molecule has 6 heteroatoms. The van der Waals surface area contributed by atoms with Gasteiger partial charge in [0.05, 0.1) is 6.04 Å². The highest BCUT2D eigenvalue weighted by Gasteiger charge is 2.12. The Morgan fingerprint density at radius 1 is 1.19 bits per heavy atom. The van der Waals surface area contributed by atoms with Crippen molar-refractivity contribution in [1.29, 1.82) is 0 Å². The first-order valence-corrected chi connectivity index (χ1v) is 6.68. The van der Waals surface area contributed by atoms with Crippen molar-refractivity contribution in [3.05, 3.63) is 53.7 Å². The van der Waals surface area contributed by atoms with Crippen LogP contribution < -0.4 is 11.1 Å². The van der Waals surface area contributed by atoms with E-state index in [1.165, 1.54) is 4.90 Å². The fourth-order valence-electron chi connectivity index (χ4n) is 1.89. The fraction of sp³-hybridized carbons (Fsp3) is 0.267. The molecule has 0 aliphatic carbocycles. The summed E-state index contributed by atoms with van der Waals surface area (Å²) in [5.74, 6) is 0.414. The summed E-state index contributed by atoms with van der Waals surface area (Å²) in [6, 6.07) is 13.2. The Morgan fingerprint density at radius 3 is 2.43 bits per heavy atom.